The van der Waals surface area contributed by atoms with E-state index in [0.29, 0.717) is 24.9 Å². The number of anilines is 2. The molecule has 0 unspecified atom stereocenters. The molecule has 0 bridgehead atoms. The van der Waals surface area contributed by atoms with Gasteiger partial charge in [-0.05, 0) is 19.8 Å². The second-order valence-corrected chi connectivity index (χ2v) is 4.07. The zero-order valence-corrected chi connectivity index (χ0v) is 11.6. The lowest BCUT2D eigenvalue weighted by molar-refractivity contribution is 0.0691. The Balaban J connectivity index is 2.13. The number of methoxy groups -OCH3 is 1. The first-order valence-corrected chi connectivity index (χ1v) is 6.39. The summed E-state index contributed by atoms with van der Waals surface area (Å²) in [4.78, 5) is 8.39. The van der Waals surface area contributed by atoms with E-state index in [4.69, 9.17) is 15.3 Å². The molecule has 0 aliphatic carbocycles. The molecular formula is C12H23N5O2. The number of nitrogens with one attached hydrogen (secondary N) is 2. The Hall–Kier alpha value is -1.44. The number of unbranched alkanes of at least 4 members (excludes halogenated alkanes) is 1. The van der Waals surface area contributed by atoms with Crippen molar-refractivity contribution in [2.24, 2.45) is 5.84 Å². The largest absolute Gasteiger partial charge is 0.382 e. The van der Waals surface area contributed by atoms with Crippen LogP contribution in [-0.2, 0) is 9.47 Å². The van der Waals surface area contributed by atoms with Gasteiger partial charge < -0.3 is 20.2 Å². The van der Waals surface area contributed by atoms with Gasteiger partial charge in [-0.15, -0.1) is 0 Å². The third kappa shape index (κ3) is 6.90. The van der Waals surface area contributed by atoms with Gasteiger partial charge in [0.2, 0.25) is 0 Å². The number of hydrazine groups is 1. The van der Waals surface area contributed by atoms with Crippen LogP contribution in [0.25, 0.3) is 0 Å². The molecule has 7 nitrogen and oxygen atoms in total. The Morgan fingerprint density at radius 2 is 1.95 bits per heavy atom. The number of aromatic nitrogens is 2. The maximum Gasteiger partial charge on any atom is 0.145 e. The van der Waals surface area contributed by atoms with E-state index in [1.165, 1.54) is 0 Å². The molecule has 108 valence electrons. The molecule has 0 aliphatic rings. The van der Waals surface area contributed by atoms with Gasteiger partial charge in [0.1, 0.15) is 17.5 Å². The van der Waals surface area contributed by atoms with E-state index in [1.807, 2.05) is 6.92 Å². The smallest absolute Gasteiger partial charge is 0.145 e. The zero-order chi connectivity index (χ0) is 13.9. The molecule has 0 aliphatic heterocycles. The molecule has 1 aromatic heterocycles. The second kappa shape index (κ2) is 9.48. The number of rotatable bonds is 10. The first kappa shape index (κ1) is 15.6. The molecule has 4 N–H and O–H groups in total. The highest BCUT2D eigenvalue weighted by Crippen LogP contribution is 2.09. The first-order valence-electron chi connectivity index (χ1n) is 6.39. The van der Waals surface area contributed by atoms with Crippen LogP contribution in [0.3, 0.4) is 0 Å². The quantitative estimate of drug-likeness (QED) is 0.330. The van der Waals surface area contributed by atoms with Crippen molar-refractivity contribution in [2.75, 3.05) is 44.2 Å². The van der Waals surface area contributed by atoms with Crippen LogP contribution in [0.2, 0.25) is 0 Å². The normalized spacial score (nSPS) is 10.5. The van der Waals surface area contributed by atoms with E-state index in [2.05, 4.69) is 20.7 Å². The van der Waals surface area contributed by atoms with Gasteiger partial charge in [0.25, 0.3) is 0 Å². The fraction of sp³-hybridized carbons (Fsp3) is 0.667. The number of aryl methyl sites for hydroxylation is 1. The number of hydrogen-bond donors (Lipinski definition) is 3. The summed E-state index contributed by atoms with van der Waals surface area (Å²) in [5.41, 5.74) is 2.52. The first-order chi connectivity index (χ1) is 9.26. The van der Waals surface area contributed by atoms with Crippen molar-refractivity contribution < 1.29 is 9.47 Å². The minimum Gasteiger partial charge on any atom is -0.382 e. The topological polar surface area (TPSA) is 94.3 Å². The fourth-order valence-electron chi connectivity index (χ4n) is 1.52. The third-order valence-corrected chi connectivity index (χ3v) is 2.44. The van der Waals surface area contributed by atoms with Crippen molar-refractivity contribution in [2.45, 2.75) is 19.8 Å². The highest BCUT2D eigenvalue weighted by Gasteiger charge is 1.99. The van der Waals surface area contributed by atoms with Gasteiger partial charge in [0, 0.05) is 26.3 Å². The maximum absolute atomic E-state index is 5.38. The van der Waals surface area contributed by atoms with Gasteiger partial charge >= 0.3 is 0 Å². The van der Waals surface area contributed by atoms with Crippen molar-refractivity contribution >= 4 is 11.6 Å². The molecule has 1 heterocycles. The molecule has 0 amide bonds. The van der Waals surface area contributed by atoms with Crippen LogP contribution in [0.4, 0.5) is 11.6 Å². The van der Waals surface area contributed by atoms with E-state index >= 15 is 0 Å². The molecule has 0 radical (unpaired) electrons. The van der Waals surface area contributed by atoms with Crippen LogP contribution in [0.1, 0.15) is 18.7 Å². The summed E-state index contributed by atoms with van der Waals surface area (Å²) in [5, 5.41) is 3.24. The monoisotopic (exact) mass is 269 g/mol. The highest BCUT2D eigenvalue weighted by molar-refractivity contribution is 5.46. The molecule has 0 spiro atoms. The number of nitrogens with zero attached hydrogens (tertiary/aromatic N) is 2. The second-order valence-electron chi connectivity index (χ2n) is 4.07. The maximum atomic E-state index is 5.38. The van der Waals surface area contributed by atoms with Crippen LogP contribution in [0, 0.1) is 6.92 Å². The molecule has 0 saturated carbocycles. The van der Waals surface area contributed by atoms with Crippen LogP contribution in [0.5, 0.6) is 0 Å². The third-order valence-electron chi connectivity index (χ3n) is 2.44. The molecule has 1 rings (SSSR count). The molecule has 19 heavy (non-hydrogen) atoms. The number of nitrogens with two attached hydrogens (primary N) is 1. The zero-order valence-electron chi connectivity index (χ0n) is 11.6. The number of nitrogen functional groups attached to an aromatic ring is 1. The molecule has 0 atom stereocenters. The summed E-state index contributed by atoms with van der Waals surface area (Å²) in [6.45, 7) is 4.72. The number of hydrogen-bond acceptors (Lipinski definition) is 7. The van der Waals surface area contributed by atoms with Crippen molar-refractivity contribution in [3.05, 3.63) is 11.9 Å². The Bertz CT molecular complexity index is 362. The highest BCUT2D eigenvalue weighted by atomic mass is 16.5. The van der Waals surface area contributed by atoms with Crippen LogP contribution >= 0.6 is 0 Å². The summed E-state index contributed by atoms with van der Waals surface area (Å²) in [7, 11) is 1.67. The molecule has 0 saturated heterocycles. The Kier molecular flexibility index (Phi) is 7.80. The molecule has 0 fully saturated rings. The predicted octanol–water partition coefficient (Wildman–Crippen LogP) is 0.926. The predicted molar refractivity (Wildman–Crippen MR) is 75.0 cm³/mol. The summed E-state index contributed by atoms with van der Waals surface area (Å²) < 4.78 is 10.3. The van der Waals surface area contributed by atoms with Gasteiger partial charge in [-0.2, -0.15) is 0 Å². The summed E-state index contributed by atoms with van der Waals surface area (Å²) in [5.74, 6) is 7.40. The lowest BCUT2D eigenvalue weighted by Gasteiger charge is -2.08. The lowest BCUT2D eigenvalue weighted by atomic mass is 10.3. The van der Waals surface area contributed by atoms with Crippen molar-refractivity contribution in [3.63, 3.8) is 0 Å². The van der Waals surface area contributed by atoms with Crippen molar-refractivity contribution in [3.8, 4) is 0 Å². The molecule has 1 aromatic rings. The van der Waals surface area contributed by atoms with Gasteiger partial charge in [-0.25, -0.2) is 15.8 Å². The van der Waals surface area contributed by atoms with E-state index in [0.717, 1.165) is 31.8 Å². The summed E-state index contributed by atoms with van der Waals surface area (Å²) in [6, 6.07) is 1.78. The SMILES string of the molecule is COCCOCCCCNc1cc(NN)nc(C)n1. The van der Waals surface area contributed by atoms with Gasteiger partial charge in [-0.1, -0.05) is 0 Å². The van der Waals surface area contributed by atoms with Crippen molar-refractivity contribution in [1.82, 2.24) is 9.97 Å². The van der Waals surface area contributed by atoms with Crippen LogP contribution in [-0.4, -0.2) is 43.4 Å². The Labute approximate surface area is 113 Å². The standard InChI is InChI=1S/C12H23N5O2/c1-10-15-11(9-12(16-10)17-13)14-5-3-4-6-19-8-7-18-2/h9H,3-8,13H2,1-2H3,(H2,14,15,16,17). The van der Waals surface area contributed by atoms with Gasteiger partial charge in [0.05, 0.1) is 13.2 Å². The van der Waals surface area contributed by atoms with E-state index in [9.17, 15) is 0 Å². The Morgan fingerprint density at radius 3 is 2.68 bits per heavy atom. The van der Waals surface area contributed by atoms with Gasteiger partial charge in [-0.3, -0.25) is 0 Å². The minimum atomic E-state index is 0.609. The number of ether oxygens (including phenoxy) is 2. The fourth-order valence-corrected chi connectivity index (χ4v) is 1.52. The summed E-state index contributed by atoms with van der Waals surface area (Å²) >= 11 is 0. The minimum absolute atomic E-state index is 0.609. The molecule has 0 aromatic carbocycles. The van der Waals surface area contributed by atoms with E-state index in [1.54, 1.807) is 13.2 Å². The van der Waals surface area contributed by atoms with E-state index in [-0.39, 0.29) is 0 Å². The molecular weight excluding hydrogens is 246 g/mol. The lowest BCUT2D eigenvalue weighted by Crippen LogP contribution is -2.12. The Morgan fingerprint density at radius 1 is 1.16 bits per heavy atom. The van der Waals surface area contributed by atoms with Crippen LogP contribution < -0.4 is 16.6 Å². The molecule has 7 heteroatoms. The van der Waals surface area contributed by atoms with Crippen LogP contribution in [0.15, 0.2) is 6.07 Å². The van der Waals surface area contributed by atoms with Crippen molar-refractivity contribution in [1.29, 1.82) is 0 Å². The average molecular weight is 269 g/mol. The van der Waals surface area contributed by atoms with Gasteiger partial charge in [0.15, 0.2) is 0 Å². The summed E-state index contributed by atoms with van der Waals surface area (Å²) in [6.07, 6.45) is 2.02. The van der Waals surface area contributed by atoms with E-state index < -0.39 is 0 Å². The average Bonchev–Trinajstić information content (AvgIpc) is 2.41.